The van der Waals surface area contributed by atoms with Crippen LogP contribution in [0, 0.1) is 16.7 Å². The molecule has 1 atom stereocenters. The molecule has 2 saturated heterocycles. The summed E-state index contributed by atoms with van der Waals surface area (Å²) >= 11 is 0. The van der Waals surface area contributed by atoms with Crippen LogP contribution in [0.2, 0.25) is 0 Å². The normalized spacial score (nSPS) is 21.6. The van der Waals surface area contributed by atoms with Gasteiger partial charge in [-0.25, -0.2) is 0 Å². The zero-order valence-electron chi connectivity index (χ0n) is 14.3. The highest BCUT2D eigenvalue weighted by Gasteiger charge is 2.55. The van der Waals surface area contributed by atoms with E-state index in [1.165, 1.54) is 5.56 Å². The third-order valence-electron chi connectivity index (χ3n) is 5.70. The minimum atomic E-state index is -0.00466. The average molecular weight is 335 g/mol. The van der Waals surface area contributed by atoms with Crippen LogP contribution in [0.5, 0.6) is 0 Å². The Morgan fingerprint density at radius 2 is 1.92 bits per heavy atom. The number of hydrogen-bond donors (Lipinski definition) is 0. The molecule has 2 aliphatic rings. The first-order valence-corrected chi connectivity index (χ1v) is 8.66. The SMILES string of the molecule is Cn1c(C#N)ccc1C(=O)N1CC2(CCOCC2)C1c1ccccc1. The molecule has 1 aromatic heterocycles. The lowest BCUT2D eigenvalue weighted by atomic mass is 9.64. The first-order chi connectivity index (χ1) is 12.2. The van der Waals surface area contributed by atoms with E-state index in [1.54, 1.807) is 23.7 Å². The zero-order chi connectivity index (χ0) is 17.4. The third kappa shape index (κ3) is 2.45. The van der Waals surface area contributed by atoms with Crippen LogP contribution in [0.3, 0.4) is 0 Å². The maximum absolute atomic E-state index is 13.2. The summed E-state index contributed by atoms with van der Waals surface area (Å²) in [5.74, 6) is -0.00466. The Labute approximate surface area is 147 Å². The molecule has 0 aliphatic carbocycles. The van der Waals surface area contributed by atoms with Crippen molar-refractivity contribution < 1.29 is 9.53 Å². The molecule has 5 nitrogen and oxygen atoms in total. The first kappa shape index (κ1) is 15.9. The van der Waals surface area contributed by atoms with Gasteiger partial charge in [0.1, 0.15) is 17.5 Å². The number of nitriles is 1. The maximum atomic E-state index is 13.2. The van der Waals surface area contributed by atoms with Crippen molar-refractivity contribution in [2.45, 2.75) is 18.9 Å². The Bertz CT molecular complexity index is 828. The molecule has 1 amide bonds. The minimum absolute atomic E-state index is 0.00466. The Balaban J connectivity index is 1.68. The van der Waals surface area contributed by atoms with Crippen molar-refractivity contribution >= 4 is 5.91 Å². The van der Waals surface area contributed by atoms with Gasteiger partial charge < -0.3 is 14.2 Å². The molecule has 0 radical (unpaired) electrons. The predicted octanol–water partition coefficient (Wildman–Crippen LogP) is 2.89. The smallest absolute Gasteiger partial charge is 0.271 e. The summed E-state index contributed by atoms with van der Waals surface area (Å²) < 4.78 is 7.24. The van der Waals surface area contributed by atoms with E-state index in [0.29, 0.717) is 11.4 Å². The van der Waals surface area contributed by atoms with Gasteiger partial charge in [-0.2, -0.15) is 5.26 Å². The molecule has 1 spiro atoms. The number of carbonyl (C=O) groups is 1. The monoisotopic (exact) mass is 335 g/mol. The van der Waals surface area contributed by atoms with Crippen LogP contribution < -0.4 is 0 Å². The third-order valence-corrected chi connectivity index (χ3v) is 5.70. The molecule has 5 heteroatoms. The molecule has 4 rings (SSSR count). The van der Waals surface area contributed by atoms with E-state index in [0.717, 1.165) is 32.6 Å². The second-order valence-corrected chi connectivity index (χ2v) is 7.00. The molecule has 0 bridgehead atoms. The van der Waals surface area contributed by atoms with Crippen molar-refractivity contribution in [3.63, 3.8) is 0 Å². The van der Waals surface area contributed by atoms with Crippen molar-refractivity contribution in [2.75, 3.05) is 19.8 Å². The number of rotatable bonds is 2. The van der Waals surface area contributed by atoms with E-state index in [9.17, 15) is 4.79 Å². The minimum Gasteiger partial charge on any atom is -0.381 e. The largest absolute Gasteiger partial charge is 0.381 e. The van der Waals surface area contributed by atoms with Gasteiger partial charge in [-0.05, 0) is 30.5 Å². The van der Waals surface area contributed by atoms with Gasteiger partial charge >= 0.3 is 0 Å². The van der Waals surface area contributed by atoms with Gasteiger partial charge in [0.05, 0.1) is 6.04 Å². The van der Waals surface area contributed by atoms with E-state index >= 15 is 0 Å². The average Bonchev–Trinajstić information content (AvgIpc) is 3.01. The molecule has 1 unspecified atom stereocenters. The number of ether oxygens (including phenoxy) is 1. The van der Waals surface area contributed by atoms with Crippen LogP contribution in [-0.2, 0) is 11.8 Å². The topological polar surface area (TPSA) is 58.3 Å². The lowest BCUT2D eigenvalue weighted by Gasteiger charge is -2.59. The Morgan fingerprint density at radius 3 is 2.56 bits per heavy atom. The number of nitrogens with zero attached hydrogens (tertiary/aromatic N) is 3. The van der Waals surface area contributed by atoms with Gasteiger partial charge in [0, 0.05) is 32.2 Å². The van der Waals surface area contributed by atoms with Crippen LogP contribution >= 0.6 is 0 Å². The number of benzene rings is 1. The zero-order valence-corrected chi connectivity index (χ0v) is 14.3. The van der Waals surface area contributed by atoms with Crippen molar-refractivity contribution in [1.82, 2.24) is 9.47 Å². The van der Waals surface area contributed by atoms with Gasteiger partial charge in [0.25, 0.3) is 5.91 Å². The quantitative estimate of drug-likeness (QED) is 0.848. The summed E-state index contributed by atoms with van der Waals surface area (Å²) in [4.78, 5) is 15.1. The summed E-state index contributed by atoms with van der Waals surface area (Å²) in [5, 5.41) is 9.14. The van der Waals surface area contributed by atoms with Gasteiger partial charge in [-0.3, -0.25) is 4.79 Å². The molecule has 25 heavy (non-hydrogen) atoms. The van der Waals surface area contributed by atoms with Crippen molar-refractivity contribution in [3.8, 4) is 6.07 Å². The van der Waals surface area contributed by atoms with Crippen LogP contribution in [0.4, 0.5) is 0 Å². The van der Waals surface area contributed by atoms with Crippen LogP contribution in [0.25, 0.3) is 0 Å². The fourth-order valence-corrected chi connectivity index (χ4v) is 4.29. The van der Waals surface area contributed by atoms with Gasteiger partial charge in [-0.15, -0.1) is 0 Å². The Morgan fingerprint density at radius 1 is 1.20 bits per heavy atom. The number of likely N-dealkylation sites (tertiary alicyclic amines) is 1. The number of carbonyl (C=O) groups excluding carboxylic acids is 1. The van der Waals surface area contributed by atoms with Crippen LogP contribution in [0.1, 0.15) is 40.6 Å². The summed E-state index contributed by atoms with van der Waals surface area (Å²) in [7, 11) is 1.77. The van der Waals surface area contributed by atoms with Crippen molar-refractivity contribution in [2.24, 2.45) is 12.5 Å². The number of aromatic nitrogens is 1. The molecule has 0 N–H and O–H groups in total. The molecule has 1 aromatic carbocycles. The molecule has 0 saturated carbocycles. The fraction of sp³-hybridized carbons (Fsp3) is 0.400. The molecular formula is C20H21N3O2. The maximum Gasteiger partial charge on any atom is 0.271 e. The van der Waals surface area contributed by atoms with Crippen molar-refractivity contribution in [1.29, 1.82) is 5.26 Å². The molecule has 2 aromatic rings. The van der Waals surface area contributed by atoms with E-state index < -0.39 is 0 Å². The second kappa shape index (κ2) is 6.05. The van der Waals surface area contributed by atoms with Crippen molar-refractivity contribution in [3.05, 3.63) is 59.4 Å². The van der Waals surface area contributed by atoms with Crippen LogP contribution in [-0.4, -0.2) is 35.1 Å². The predicted molar refractivity (Wildman–Crippen MR) is 92.8 cm³/mol. The van der Waals surface area contributed by atoms with E-state index in [4.69, 9.17) is 10.00 Å². The van der Waals surface area contributed by atoms with Gasteiger partial charge in [-0.1, -0.05) is 30.3 Å². The lowest BCUT2D eigenvalue weighted by Crippen LogP contribution is -2.62. The highest BCUT2D eigenvalue weighted by molar-refractivity contribution is 5.94. The van der Waals surface area contributed by atoms with Crippen LogP contribution in [0.15, 0.2) is 42.5 Å². The standard InChI is InChI=1S/C20H21N3O2/c1-22-16(13-21)7-8-17(22)19(24)23-14-20(9-11-25-12-10-20)18(23)15-5-3-2-4-6-15/h2-8,18H,9-12,14H2,1H3. The molecule has 3 heterocycles. The van der Waals surface area contributed by atoms with E-state index in [1.807, 2.05) is 23.1 Å². The molecule has 2 aliphatic heterocycles. The molecule has 128 valence electrons. The Hall–Kier alpha value is -2.58. The van der Waals surface area contributed by atoms with Gasteiger partial charge in [0.15, 0.2) is 0 Å². The molecule has 2 fully saturated rings. The number of amides is 1. The second-order valence-electron chi connectivity index (χ2n) is 7.00. The first-order valence-electron chi connectivity index (χ1n) is 8.66. The van der Waals surface area contributed by atoms with Gasteiger partial charge in [0.2, 0.25) is 0 Å². The fourth-order valence-electron chi connectivity index (χ4n) is 4.29. The summed E-state index contributed by atoms with van der Waals surface area (Å²) in [5.41, 5.74) is 2.36. The van der Waals surface area contributed by atoms with E-state index in [2.05, 4.69) is 18.2 Å². The summed E-state index contributed by atoms with van der Waals surface area (Å²) in [6.07, 6.45) is 1.96. The van der Waals surface area contributed by atoms with E-state index in [-0.39, 0.29) is 17.4 Å². The number of hydrogen-bond acceptors (Lipinski definition) is 3. The Kier molecular flexibility index (Phi) is 3.85. The lowest BCUT2D eigenvalue weighted by molar-refractivity contribution is -0.115. The summed E-state index contributed by atoms with van der Waals surface area (Å²) in [6.45, 7) is 2.27. The highest BCUT2D eigenvalue weighted by Crippen LogP contribution is 2.55. The highest BCUT2D eigenvalue weighted by atomic mass is 16.5. The summed E-state index contributed by atoms with van der Waals surface area (Å²) in [6, 6.07) is 15.9. The molecular weight excluding hydrogens is 314 g/mol.